The predicted molar refractivity (Wildman–Crippen MR) is 86.0 cm³/mol. The van der Waals surface area contributed by atoms with E-state index < -0.39 is 17.3 Å². The van der Waals surface area contributed by atoms with Crippen molar-refractivity contribution in [1.29, 1.82) is 0 Å². The first-order valence-corrected chi connectivity index (χ1v) is 7.94. The second kappa shape index (κ2) is 6.97. The standard InChI is InChI=1S/C18H19FN2O3/c19-15-10-13(11-21-17(22)18(23)7-1-2-8-18)5-6-16(15)24-14-4-3-9-20-12-14/h3-6,9-10,12,23H,1-2,7-8,11H2,(H,21,22). The van der Waals surface area contributed by atoms with Gasteiger partial charge in [-0.1, -0.05) is 6.07 Å². The van der Waals surface area contributed by atoms with Crippen molar-refractivity contribution in [2.75, 3.05) is 0 Å². The number of ether oxygens (including phenoxy) is 1. The molecule has 1 amide bonds. The van der Waals surface area contributed by atoms with Gasteiger partial charge in [0.25, 0.3) is 5.91 Å². The van der Waals surface area contributed by atoms with E-state index in [1.165, 1.54) is 18.3 Å². The number of carbonyl (C=O) groups excluding carboxylic acids is 1. The molecule has 0 bridgehead atoms. The topological polar surface area (TPSA) is 71.5 Å². The first kappa shape index (κ1) is 16.4. The molecule has 24 heavy (non-hydrogen) atoms. The Hall–Kier alpha value is -2.47. The molecule has 1 aliphatic rings. The SMILES string of the molecule is O=C(NCc1ccc(Oc2cccnc2)c(F)c1)C1(O)CCCC1. The van der Waals surface area contributed by atoms with Gasteiger partial charge in [-0.15, -0.1) is 0 Å². The molecule has 0 atom stereocenters. The number of halogens is 1. The number of aliphatic hydroxyl groups is 1. The second-order valence-electron chi connectivity index (χ2n) is 5.98. The zero-order valence-electron chi connectivity index (χ0n) is 13.2. The van der Waals surface area contributed by atoms with E-state index in [1.807, 2.05) is 0 Å². The number of nitrogens with zero attached hydrogens (tertiary/aromatic N) is 1. The van der Waals surface area contributed by atoms with Crippen LogP contribution < -0.4 is 10.1 Å². The van der Waals surface area contributed by atoms with Gasteiger partial charge in [-0.05, 0) is 55.5 Å². The molecule has 2 N–H and O–H groups in total. The average molecular weight is 330 g/mol. The van der Waals surface area contributed by atoms with E-state index in [1.54, 1.807) is 24.4 Å². The zero-order chi connectivity index (χ0) is 17.0. The third-order valence-electron chi connectivity index (χ3n) is 4.16. The fourth-order valence-corrected chi connectivity index (χ4v) is 2.81. The number of benzene rings is 1. The van der Waals surface area contributed by atoms with Gasteiger partial charge in [0.15, 0.2) is 11.6 Å². The molecular formula is C18H19FN2O3. The summed E-state index contributed by atoms with van der Waals surface area (Å²) in [5, 5.41) is 12.9. The predicted octanol–water partition coefficient (Wildman–Crippen LogP) is 2.93. The van der Waals surface area contributed by atoms with Gasteiger partial charge >= 0.3 is 0 Å². The maximum Gasteiger partial charge on any atom is 0.252 e. The van der Waals surface area contributed by atoms with Crippen molar-refractivity contribution in [3.8, 4) is 11.5 Å². The van der Waals surface area contributed by atoms with Crippen LogP contribution in [0.1, 0.15) is 31.2 Å². The molecule has 1 heterocycles. The molecule has 5 nitrogen and oxygen atoms in total. The van der Waals surface area contributed by atoms with Crippen molar-refractivity contribution in [3.63, 3.8) is 0 Å². The lowest BCUT2D eigenvalue weighted by Gasteiger charge is -2.21. The van der Waals surface area contributed by atoms with E-state index in [-0.39, 0.29) is 12.3 Å². The minimum atomic E-state index is -1.28. The number of amides is 1. The van der Waals surface area contributed by atoms with Crippen LogP contribution in [0.4, 0.5) is 4.39 Å². The summed E-state index contributed by atoms with van der Waals surface area (Å²) in [7, 11) is 0. The lowest BCUT2D eigenvalue weighted by Crippen LogP contribution is -2.44. The summed E-state index contributed by atoms with van der Waals surface area (Å²) in [5.41, 5.74) is -0.678. The lowest BCUT2D eigenvalue weighted by molar-refractivity contribution is -0.139. The van der Waals surface area contributed by atoms with Crippen LogP contribution in [-0.4, -0.2) is 21.6 Å². The first-order chi connectivity index (χ1) is 11.6. The van der Waals surface area contributed by atoms with Crippen LogP contribution in [0.25, 0.3) is 0 Å². The molecule has 3 rings (SSSR count). The van der Waals surface area contributed by atoms with E-state index in [2.05, 4.69) is 10.3 Å². The monoisotopic (exact) mass is 330 g/mol. The summed E-state index contributed by atoms with van der Waals surface area (Å²) in [6.45, 7) is 0.158. The third kappa shape index (κ3) is 3.71. The number of hydrogen-bond donors (Lipinski definition) is 2. The van der Waals surface area contributed by atoms with Gasteiger partial charge in [0, 0.05) is 12.7 Å². The second-order valence-corrected chi connectivity index (χ2v) is 5.98. The minimum absolute atomic E-state index is 0.0903. The molecule has 0 radical (unpaired) electrons. The van der Waals surface area contributed by atoms with Crippen LogP contribution in [-0.2, 0) is 11.3 Å². The molecule has 126 valence electrons. The number of nitrogens with one attached hydrogen (secondary N) is 1. The molecule has 2 aromatic rings. The third-order valence-corrected chi connectivity index (χ3v) is 4.16. The zero-order valence-corrected chi connectivity index (χ0v) is 13.2. The highest BCUT2D eigenvalue weighted by atomic mass is 19.1. The van der Waals surface area contributed by atoms with E-state index in [0.29, 0.717) is 24.2 Å². The number of rotatable bonds is 5. The summed E-state index contributed by atoms with van der Waals surface area (Å²) in [5.74, 6) is -0.380. The number of hydrogen-bond acceptors (Lipinski definition) is 4. The number of carbonyl (C=O) groups is 1. The Morgan fingerprint density at radius 1 is 1.33 bits per heavy atom. The number of aromatic nitrogens is 1. The Labute approximate surface area is 139 Å². The smallest absolute Gasteiger partial charge is 0.252 e. The van der Waals surface area contributed by atoms with E-state index in [9.17, 15) is 14.3 Å². The van der Waals surface area contributed by atoms with Crippen molar-refractivity contribution >= 4 is 5.91 Å². The van der Waals surface area contributed by atoms with Gasteiger partial charge < -0.3 is 15.2 Å². The molecule has 1 aliphatic carbocycles. The van der Waals surface area contributed by atoms with Gasteiger partial charge in [-0.3, -0.25) is 9.78 Å². The van der Waals surface area contributed by atoms with Gasteiger partial charge in [0.2, 0.25) is 0 Å². The van der Waals surface area contributed by atoms with E-state index in [0.717, 1.165) is 12.8 Å². The van der Waals surface area contributed by atoms with Gasteiger partial charge in [0.1, 0.15) is 11.4 Å². The fourth-order valence-electron chi connectivity index (χ4n) is 2.81. The van der Waals surface area contributed by atoms with Crippen molar-refractivity contribution in [2.24, 2.45) is 0 Å². The molecule has 6 heteroatoms. The van der Waals surface area contributed by atoms with Crippen LogP contribution in [0.2, 0.25) is 0 Å². The first-order valence-electron chi connectivity index (χ1n) is 7.94. The molecule has 1 aromatic heterocycles. The Morgan fingerprint density at radius 3 is 2.79 bits per heavy atom. The van der Waals surface area contributed by atoms with Crippen molar-refractivity contribution in [3.05, 3.63) is 54.1 Å². The van der Waals surface area contributed by atoms with Crippen LogP contribution in [0.15, 0.2) is 42.7 Å². The van der Waals surface area contributed by atoms with Gasteiger partial charge in [-0.25, -0.2) is 4.39 Å². The normalized spacial score (nSPS) is 15.9. The van der Waals surface area contributed by atoms with Gasteiger partial charge in [0.05, 0.1) is 6.20 Å². The van der Waals surface area contributed by atoms with Crippen molar-refractivity contribution in [2.45, 2.75) is 37.8 Å². The maximum atomic E-state index is 14.1. The highest BCUT2D eigenvalue weighted by Crippen LogP contribution is 2.29. The highest BCUT2D eigenvalue weighted by molar-refractivity contribution is 5.85. The summed E-state index contributed by atoms with van der Waals surface area (Å²) < 4.78 is 19.6. The van der Waals surface area contributed by atoms with E-state index in [4.69, 9.17) is 4.74 Å². The summed E-state index contributed by atoms with van der Waals surface area (Å²) in [6.07, 6.45) is 5.75. The summed E-state index contributed by atoms with van der Waals surface area (Å²) in [6, 6.07) is 7.88. The summed E-state index contributed by atoms with van der Waals surface area (Å²) >= 11 is 0. The average Bonchev–Trinajstić information content (AvgIpc) is 3.04. The number of pyridine rings is 1. The molecule has 1 saturated carbocycles. The Bertz CT molecular complexity index is 715. The van der Waals surface area contributed by atoms with Crippen LogP contribution in [0, 0.1) is 5.82 Å². The van der Waals surface area contributed by atoms with Crippen molar-refractivity contribution < 1.29 is 19.0 Å². The van der Waals surface area contributed by atoms with Gasteiger partial charge in [-0.2, -0.15) is 0 Å². The molecule has 1 aromatic carbocycles. The molecule has 0 aliphatic heterocycles. The van der Waals surface area contributed by atoms with Crippen LogP contribution in [0.3, 0.4) is 0 Å². The van der Waals surface area contributed by atoms with Crippen LogP contribution >= 0.6 is 0 Å². The highest BCUT2D eigenvalue weighted by Gasteiger charge is 2.38. The molecule has 0 spiro atoms. The molecule has 1 fully saturated rings. The Morgan fingerprint density at radius 2 is 2.12 bits per heavy atom. The summed E-state index contributed by atoms with van der Waals surface area (Å²) in [4.78, 5) is 15.9. The fraction of sp³-hybridized carbons (Fsp3) is 0.333. The Kier molecular flexibility index (Phi) is 4.76. The molecule has 0 saturated heterocycles. The largest absolute Gasteiger partial charge is 0.453 e. The van der Waals surface area contributed by atoms with E-state index >= 15 is 0 Å². The molecular weight excluding hydrogens is 311 g/mol. The minimum Gasteiger partial charge on any atom is -0.453 e. The Balaban J connectivity index is 1.61. The lowest BCUT2D eigenvalue weighted by atomic mass is 10.0. The van der Waals surface area contributed by atoms with Crippen LogP contribution in [0.5, 0.6) is 11.5 Å². The van der Waals surface area contributed by atoms with Crippen molar-refractivity contribution in [1.82, 2.24) is 10.3 Å². The molecule has 0 unspecified atom stereocenters. The quantitative estimate of drug-likeness (QED) is 0.884. The maximum absolute atomic E-state index is 14.1.